The number of carbonyl (C=O) groups is 1. The Bertz CT molecular complexity index is 891. The average molecular weight is 382 g/mol. The molecule has 1 aromatic heterocycles. The fourth-order valence-electron chi connectivity index (χ4n) is 3.98. The van der Waals surface area contributed by atoms with Gasteiger partial charge in [0.25, 0.3) is 0 Å². The first-order chi connectivity index (χ1) is 13.6. The minimum absolute atomic E-state index is 0.0358. The third kappa shape index (κ3) is 4.07. The molecule has 146 valence electrons. The Morgan fingerprint density at radius 2 is 2.11 bits per heavy atom. The number of alkyl halides is 1. The van der Waals surface area contributed by atoms with Gasteiger partial charge in [-0.2, -0.15) is 5.26 Å². The highest BCUT2D eigenvalue weighted by Crippen LogP contribution is 2.24. The topological polar surface area (TPSA) is 69.5 Å². The predicted octanol–water partition coefficient (Wildman–Crippen LogP) is 2.54. The van der Waals surface area contributed by atoms with Gasteiger partial charge in [0.15, 0.2) is 0 Å². The molecule has 1 aromatic carbocycles. The second-order valence-corrected chi connectivity index (χ2v) is 7.50. The van der Waals surface area contributed by atoms with Crippen LogP contribution in [0.15, 0.2) is 36.7 Å². The second kappa shape index (κ2) is 8.11. The summed E-state index contributed by atoms with van der Waals surface area (Å²) in [4.78, 5) is 20.0. The highest BCUT2D eigenvalue weighted by molar-refractivity contribution is 5.82. The molecule has 2 fully saturated rings. The number of rotatable bonds is 4. The maximum atomic E-state index is 13.5. The summed E-state index contributed by atoms with van der Waals surface area (Å²) in [6.45, 7) is 1.77. The van der Waals surface area contributed by atoms with Gasteiger partial charge in [0, 0.05) is 37.3 Å². The van der Waals surface area contributed by atoms with Gasteiger partial charge >= 0.3 is 0 Å². The van der Waals surface area contributed by atoms with Crippen LogP contribution in [0, 0.1) is 11.3 Å². The summed E-state index contributed by atoms with van der Waals surface area (Å²) < 4.78 is 19.7. The Morgan fingerprint density at radius 3 is 2.89 bits per heavy atom. The van der Waals surface area contributed by atoms with Gasteiger partial charge in [-0.25, -0.2) is 4.39 Å². The van der Waals surface area contributed by atoms with Crippen molar-refractivity contribution in [1.29, 1.82) is 5.26 Å². The first-order valence-corrected chi connectivity index (χ1v) is 9.68. The van der Waals surface area contributed by atoms with Crippen LogP contribution < -0.4 is 4.74 Å². The van der Waals surface area contributed by atoms with Gasteiger partial charge in [0.1, 0.15) is 24.1 Å². The van der Waals surface area contributed by atoms with Crippen LogP contribution in [0.5, 0.6) is 5.75 Å². The van der Waals surface area contributed by atoms with Gasteiger partial charge in [-0.1, -0.05) is 0 Å². The molecule has 0 radical (unpaired) electrons. The van der Waals surface area contributed by atoms with Crippen molar-refractivity contribution in [2.45, 2.75) is 37.6 Å². The van der Waals surface area contributed by atoms with E-state index in [1.54, 1.807) is 6.20 Å². The van der Waals surface area contributed by atoms with E-state index in [0.717, 1.165) is 42.5 Å². The molecule has 0 saturated carbocycles. The van der Waals surface area contributed by atoms with E-state index in [1.807, 2.05) is 36.5 Å². The third-order valence-electron chi connectivity index (χ3n) is 5.53. The number of hydrogen-bond donors (Lipinski definition) is 0. The molecule has 7 heteroatoms. The molecule has 0 bridgehead atoms. The van der Waals surface area contributed by atoms with Crippen molar-refractivity contribution in [2.75, 3.05) is 26.2 Å². The molecule has 0 aliphatic carbocycles. The Morgan fingerprint density at radius 1 is 1.29 bits per heavy atom. The second-order valence-electron chi connectivity index (χ2n) is 7.50. The molecule has 2 aliphatic heterocycles. The van der Waals surface area contributed by atoms with Crippen molar-refractivity contribution in [3.05, 3.63) is 36.7 Å². The minimum atomic E-state index is -1.09. The number of carbonyl (C=O) groups excluding carboxylic acids is 1. The zero-order valence-electron chi connectivity index (χ0n) is 15.6. The van der Waals surface area contributed by atoms with Crippen molar-refractivity contribution < 1.29 is 13.9 Å². The highest BCUT2D eigenvalue weighted by atomic mass is 19.1. The van der Waals surface area contributed by atoms with Crippen LogP contribution in [-0.2, 0) is 4.79 Å². The number of amides is 1. The molecule has 2 saturated heterocycles. The molecule has 0 spiro atoms. The number of benzene rings is 1. The summed E-state index contributed by atoms with van der Waals surface area (Å²) in [6.07, 6.45) is 4.40. The number of pyridine rings is 1. The maximum Gasteiger partial charge on any atom is 0.237 e. The van der Waals surface area contributed by atoms with Crippen LogP contribution >= 0.6 is 0 Å². The lowest BCUT2D eigenvalue weighted by molar-refractivity contribution is -0.133. The largest absolute Gasteiger partial charge is 0.490 e. The van der Waals surface area contributed by atoms with Crippen molar-refractivity contribution >= 4 is 16.7 Å². The molecule has 2 aromatic rings. The van der Waals surface area contributed by atoms with Crippen molar-refractivity contribution in [2.24, 2.45) is 0 Å². The Hall–Kier alpha value is -2.72. The number of nitriles is 1. The van der Waals surface area contributed by atoms with Gasteiger partial charge in [-0.3, -0.25) is 14.7 Å². The number of ether oxygens (including phenoxy) is 1. The molecule has 0 N–H and O–H groups in total. The van der Waals surface area contributed by atoms with Crippen molar-refractivity contribution in [1.82, 2.24) is 14.8 Å². The van der Waals surface area contributed by atoms with Gasteiger partial charge in [-0.15, -0.1) is 0 Å². The number of halogens is 1. The molecular weight excluding hydrogens is 359 g/mol. The standard InChI is InChI=1S/C21H23FN4O2/c22-17-10-18(11-23)26(13-17)21(27)14-25-7-4-19(5-8-25)28-20-2-1-16-12-24-6-3-15(16)9-20/h1-3,6,9,12,17-19H,4-5,7-8,10,13-14H2/t17-,18?/m0/s1. The van der Waals surface area contributed by atoms with E-state index in [-0.39, 0.29) is 31.5 Å². The van der Waals surface area contributed by atoms with Gasteiger partial charge in [0.05, 0.1) is 19.2 Å². The van der Waals surface area contributed by atoms with E-state index in [0.29, 0.717) is 0 Å². The number of piperidine rings is 1. The van der Waals surface area contributed by atoms with Crippen molar-refractivity contribution in [3.8, 4) is 11.8 Å². The fraction of sp³-hybridized carbons (Fsp3) is 0.476. The Labute approximate surface area is 163 Å². The van der Waals surface area contributed by atoms with Crippen LogP contribution in [0.25, 0.3) is 10.8 Å². The average Bonchev–Trinajstić information content (AvgIpc) is 3.10. The van der Waals surface area contributed by atoms with Gasteiger partial charge in [0.2, 0.25) is 5.91 Å². The SMILES string of the molecule is N#CC1C[C@H](F)CN1C(=O)CN1CCC(Oc2ccc3cnccc3c2)CC1. The normalized spacial score (nSPS) is 23.6. The predicted molar refractivity (Wildman–Crippen MR) is 102 cm³/mol. The molecule has 1 unspecified atom stereocenters. The number of aromatic nitrogens is 1. The monoisotopic (exact) mass is 382 g/mol. The molecule has 2 aliphatic rings. The van der Waals surface area contributed by atoms with E-state index >= 15 is 0 Å². The van der Waals surface area contributed by atoms with E-state index in [1.165, 1.54) is 4.90 Å². The summed E-state index contributed by atoms with van der Waals surface area (Å²) in [6, 6.07) is 9.35. The van der Waals surface area contributed by atoms with E-state index in [2.05, 4.69) is 9.88 Å². The van der Waals surface area contributed by atoms with Gasteiger partial charge < -0.3 is 9.64 Å². The van der Waals surface area contributed by atoms with E-state index in [9.17, 15) is 9.18 Å². The Balaban J connectivity index is 1.28. The first-order valence-electron chi connectivity index (χ1n) is 9.68. The summed E-state index contributed by atoms with van der Waals surface area (Å²) in [7, 11) is 0. The molecule has 1 amide bonds. The smallest absolute Gasteiger partial charge is 0.237 e. The van der Waals surface area contributed by atoms with Crippen LogP contribution in [-0.4, -0.2) is 65.2 Å². The summed E-state index contributed by atoms with van der Waals surface area (Å²) in [5, 5.41) is 11.3. The third-order valence-corrected chi connectivity index (χ3v) is 5.53. The maximum absolute atomic E-state index is 13.5. The zero-order chi connectivity index (χ0) is 19.5. The lowest BCUT2D eigenvalue weighted by Gasteiger charge is -2.33. The summed E-state index contributed by atoms with van der Waals surface area (Å²) in [5.74, 6) is 0.686. The number of nitrogens with zero attached hydrogens (tertiary/aromatic N) is 4. The summed E-state index contributed by atoms with van der Waals surface area (Å²) in [5.41, 5.74) is 0. The first kappa shape index (κ1) is 18.6. The minimum Gasteiger partial charge on any atom is -0.490 e. The Kier molecular flexibility index (Phi) is 5.40. The molecule has 28 heavy (non-hydrogen) atoms. The molecular formula is C21H23FN4O2. The van der Waals surface area contributed by atoms with Crippen molar-refractivity contribution in [3.63, 3.8) is 0 Å². The van der Waals surface area contributed by atoms with Gasteiger partial charge in [-0.05, 0) is 42.5 Å². The quantitative estimate of drug-likeness (QED) is 0.813. The number of fused-ring (bicyclic) bond motifs is 1. The zero-order valence-corrected chi connectivity index (χ0v) is 15.6. The molecule has 4 rings (SSSR count). The van der Waals surface area contributed by atoms with E-state index < -0.39 is 12.2 Å². The molecule has 2 atom stereocenters. The summed E-state index contributed by atoms with van der Waals surface area (Å²) >= 11 is 0. The van der Waals surface area contributed by atoms with Crippen LogP contribution in [0.3, 0.4) is 0 Å². The highest BCUT2D eigenvalue weighted by Gasteiger charge is 2.36. The molecule has 3 heterocycles. The van der Waals surface area contributed by atoms with Crippen LogP contribution in [0.1, 0.15) is 19.3 Å². The number of hydrogen-bond acceptors (Lipinski definition) is 5. The fourth-order valence-corrected chi connectivity index (χ4v) is 3.98. The lowest BCUT2D eigenvalue weighted by atomic mass is 10.1. The van der Waals surface area contributed by atoms with Crippen LogP contribution in [0.4, 0.5) is 4.39 Å². The number of likely N-dealkylation sites (tertiary alicyclic amines) is 2. The van der Waals surface area contributed by atoms with E-state index in [4.69, 9.17) is 10.00 Å². The lowest BCUT2D eigenvalue weighted by Crippen LogP contribution is -2.46. The molecule has 6 nitrogen and oxygen atoms in total. The van der Waals surface area contributed by atoms with Crippen LogP contribution in [0.2, 0.25) is 0 Å².